The molecule has 0 radical (unpaired) electrons. The monoisotopic (exact) mass is 403 g/mol. The van der Waals surface area contributed by atoms with Gasteiger partial charge in [0.05, 0.1) is 17.1 Å². The molecular weight excluding hydrogens is 378 g/mol. The molecule has 0 spiro atoms. The molecule has 2 N–H and O–H groups in total. The summed E-state index contributed by atoms with van der Waals surface area (Å²) in [5.41, 5.74) is 3.10. The molecule has 0 aromatic heterocycles. The van der Waals surface area contributed by atoms with Crippen LogP contribution in [0.3, 0.4) is 0 Å². The standard InChI is InChI=1S/C20H25N3O4S/c1-13-10-16(28(26,27)23(4)5)11-19(14(13)2)21-12-20(25)22-18-9-7-6-8-17(18)15(3)24/h6-11,21H,12H2,1-5H3,(H,22,25). The Hall–Kier alpha value is -2.71. The Labute approximate surface area is 165 Å². The first kappa shape index (κ1) is 21.6. The summed E-state index contributed by atoms with van der Waals surface area (Å²) in [5.74, 6) is -0.483. The van der Waals surface area contributed by atoms with Crippen molar-refractivity contribution in [3.63, 3.8) is 0 Å². The highest BCUT2D eigenvalue weighted by Crippen LogP contribution is 2.25. The first-order chi connectivity index (χ1) is 13.0. The maximum Gasteiger partial charge on any atom is 0.243 e. The average molecular weight is 404 g/mol. The summed E-state index contributed by atoms with van der Waals surface area (Å²) < 4.78 is 26.0. The van der Waals surface area contributed by atoms with Crippen LogP contribution in [0, 0.1) is 13.8 Å². The zero-order chi connectivity index (χ0) is 21.1. The Balaban J connectivity index is 2.20. The number of rotatable bonds is 7. The molecule has 0 saturated heterocycles. The van der Waals surface area contributed by atoms with E-state index in [1.54, 1.807) is 30.3 Å². The third kappa shape index (κ3) is 4.76. The molecule has 0 unspecified atom stereocenters. The molecular formula is C20H25N3O4S. The van der Waals surface area contributed by atoms with E-state index >= 15 is 0 Å². The Morgan fingerprint density at radius 2 is 1.68 bits per heavy atom. The van der Waals surface area contributed by atoms with Crippen LogP contribution < -0.4 is 10.6 Å². The highest BCUT2D eigenvalue weighted by molar-refractivity contribution is 7.89. The topological polar surface area (TPSA) is 95.6 Å². The minimum Gasteiger partial charge on any atom is -0.376 e. The van der Waals surface area contributed by atoms with Crippen molar-refractivity contribution in [3.8, 4) is 0 Å². The van der Waals surface area contributed by atoms with E-state index in [9.17, 15) is 18.0 Å². The molecule has 0 fully saturated rings. The number of nitrogens with zero attached hydrogens (tertiary/aromatic N) is 1. The van der Waals surface area contributed by atoms with Crippen LogP contribution in [0.4, 0.5) is 11.4 Å². The van der Waals surface area contributed by atoms with Crippen molar-refractivity contribution in [1.29, 1.82) is 0 Å². The molecule has 0 atom stereocenters. The van der Waals surface area contributed by atoms with E-state index in [1.807, 2.05) is 13.8 Å². The highest BCUT2D eigenvalue weighted by atomic mass is 32.2. The number of benzene rings is 2. The fourth-order valence-corrected chi connectivity index (χ4v) is 3.65. The van der Waals surface area contributed by atoms with E-state index < -0.39 is 10.0 Å². The number of hydrogen-bond donors (Lipinski definition) is 2. The number of carbonyl (C=O) groups excluding carboxylic acids is 2. The smallest absolute Gasteiger partial charge is 0.243 e. The van der Waals surface area contributed by atoms with Crippen LogP contribution in [0.2, 0.25) is 0 Å². The second-order valence-corrected chi connectivity index (χ2v) is 8.86. The third-order valence-corrected chi connectivity index (χ3v) is 6.23. The summed E-state index contributed by atoms with van der Waals surface area (Å²) in [5, 5.41) is 5.70. The summed E-state index contributed by atoms with van der Waals surface area (Å²) in [4.78, 5) is 24.2. The summed E-state index contributed by atoms with van der Waals surface area (Å²) in [6.07, 6.45) is 0. The van der Waals surface area contributed by atoms with Crippen molar-refractivity contribution in [1.82, 2.24) is 4.31 Å². The Morgan fingerprint density at radius 3 is 2.29 bits per heavy atom. The molecule has 0 saturated carbocycles. The lowest BCUT2D eigenvalue weighted by Gasteiger charge is -2.17. The van der Waals surface area contributed by atoms with Gasteiger partial charge in [0.2, 0.25) is 15.9 Å². The van der Waals surface area contributed by atoms with Gasteiger partial charge in [-0.15, -0.1) is 0 Å². The number of Topliss-reactive ketones (excluding diaryl/α,β-unsaturated/α-hetero) is 1. The quantitative estimate of drug-likeness (QED) is 0.693. The fourth-order valence-electron chi connectivity index (χ4n) is 2.64. The lowest BCUT2D eigenvalue weighted by molar-refractivity contribution is -0.114. The molecule has 2 aromatic carbocycles. The van der Waals surface area contributed by atoms with Crippen molar-refractivity contribution in [2.45, 2.75) is 25.7 Å². The summed E-state index contributed by atoms with van der Waals surface area (Å²) in [6, 6.07) is 9.91. The molecule has 28 heavy (non-hydrogen) atoms. The molecule has 7 nitrogen and oxygen atoms in total. The van der Waals surface area contributed by atoms with Gasteiger partial charge in [0.15, 0.2) is 5.78 Å². The lowest BCUT2D eigenvalue weighted by atomic mass is 10.1. The second-order valence-electron chi connectivity index (χ2n) is 6.70. The van der Waals surface area contributed by atoms with E-state index in [2.05, 4.69) is 10.6 Å². The normalized spacial score (nSPS) is 11.4. The van der Waals surface area contributed by atoms with Crippen molar-refractivity contribution in [2.75, 3.05) is 31.3 Å². The van der Waals surface area contributed by atoms with Crippen LogP contribution >= 0.6 is 0 Å². The SMILES string of the molecule is CC(=O)c1ccccc1NC(=O)CNc1cc(S(=O)(=O)N(C)C)cc(C)c1C. The van der Waals surface area contributed by atoms with Crippen molar-refractivity contribution in [3.05, 3.63) is 53.1 Å². The minimum absolute atomic E-state index is 0.0714. The lowest BCUT2D eigenvalue weighted by Crippen LogP contribution is -2.24. The van der Waals surface area contributed by atoms with Crippen LogP contribution in [0.1, 0.15) is 28.4 Å². The Morgan fingerprint density at radius 1 is 1.04 bits per heavy atom. The van der Waals surface area contributed by atoms with Crippen LogP contribution in [0.5, 0.6) is 0 Å². The highest BCUT2D eigenvalue weighted by Gasteiger charge is 2.20. The number of para-hydroxylation sites is 1. The number of amides is 1. The predicted octanol–water partition coefficient (Wildman–Crippen LogP) is 2.81. The molecule has 8 heteroatoms. The van der Waals surface area contributed by atoms with Crippen LogP contribution in [-0.4, -0.2) is 45.1 Å². The first-order valence-corrected chi connectivity index (χ1v) is 10.2. The Bertz CT molecular complexity index is 1010. The van der Waals surface area contributed by atoms with Gasteiger partial charge in [0, 0.05) is 25.3 Å². The second kappa shape index (κ2) is 8.53. The van der Waals surface area contributed by atoms with Gasteiger partial charge in [-0.2, -0.15) is 0 Å². The van der Waals surface area contributed by atoms with Gasteiger partial charge in [-0.1, -0.05) is 12.1 Å². The van der Waals surface area contributed by atoms with Crippen LogP contribution in [0.25, 0.3) is 0 Å². The molecule has 0 aliphatic heterocycles. The number of carbonyl (C=O) groups is 2. The van der Waals surface area contributed by atoms with E-state index in [0.717, 1.165) is 15.4 Å². The number of ketones is 1. The first-order valence-electron chi connectivity index (χ1n) is 8.71. The van der Waals surface area contributed by atoms with Gasteiger partial charge in [-0.25, -0.2) is 12.7 Å². The van der Waals surface area contributed by atoms with Crippen molar-refractivity contribution >= 4 is 33.1 Å². The molecule has 0 aliphatic carbocycles. The number of anilines is 2. The van der Waals surface area contributed by atoms with E-state index in [0.29, 0.717) is 16.9 Å². The summed E-state index contributed by atoms with van der Waals surface area (Å²) in [6.45, 7) is 5.04. The van der Waals surface area contributed by atoms with Gasteiger partial charge in [-0.05, 0) is 56.2 Å². The van der Waals surface area contributed by atoms with Crippen molar-refractivity contribution < 1.29 is 18.0 Å². The van der Waals surface area contributed by atoms with E-state index in [-0.39, 0.29) is 23.1 Å². The number of aryl methyl sites for hydroxylation is 1. The van der Waals surface area contributed by atoms with Gasteiger partial charge in [0.1, 0.15) is 0 Å². The zero-order valence-corrected chi connectivity index (χ0v) is 17.5. The van der Waals surface area contributed by atoms with Gasteiger partial charge in [-0.3, -0.25) is 9.59 Å². The summed E-state index contributed by atoms with van der Waals surface area (Å²) >= 11 is 0. The molecule has 2 rings (SSSR count). The molecule has 0 aliphatic rings. The van der Waals surface area contributed by atoms with Crippen LogP contribution in [-0.2, 0) is 14.8 Å². The number of nitrogens with one attached hydrogen (secondary N) is 2. The third-order valence-electron chi connectivity index (χ3n) is 4.44. The Kier molecular flexibility index (Phi) is 6.58. The molecule has 0 heterocycles. The average Bonchev–Trinajstić information content (AvgIpc) is 2.62. The fraction of sp³-hybridized carbons (Fsp3) is 0.300. The zero-order valence-electron chi connectivity index (χ0n) is 16.7. The van der Waals surface area contributed by atoms with Crippen LogP contribution in [0.15, 0.2) is 41.3 Å². The molecule has 2 aromatic rings. The van der Waals surface area contributed by atoms with Gasteiger partial charge in [0.25, 0.3) is 0 Å². The van der Waals surface area contributed by atoms with E-state index in [1.165, 1.54) is 27.1 Å². The largest absolute Gasteiger partial charge is 0.376 e. The molecule has 150 valence electrons. The predicted molar refractivity (Wildman–Crippen MR) is 110 cm³/mol. The minimum atomic E-state index is -3.59. The summed E-state index contributed by atoms with van der Waals surface area (Å²) in [7, 11) is -0.646. The van der Waals surface area contributed by atoms with Crippen molar-refractivity contribution in [2.24, 2.45) is 0 Å². The number of hydrogen-bond acceptors (Lipinski definition) is 5. The molecule has 0 bridgehead atoms. The van der Waals surface area contributed by atoms with Gasteiger partial charge >= 0.3 is 0 Å². The maximum atomic E-state index is 12.4. The van der Waals surface area contributed by atoms with E-state index in [4.69, 9.17) is 0 Å². The molecule has 1 amide bonds. The number of sulfonamides is 1. The van der Waals surface area contributed by atoms with Gasteiger partial charge < -0.3 is 10.6 Å². The maximum absolute atomic E-state index is 12.4.